The van der Waals surface area contributed by atoms with Crippen molar-refractivity contribution in [1.29, 1.82) is 5.26 Å². The highest BCUT2D eigenvalue weighted by atomic mass is 16.5. The number of aromatic nitrogens is 1. The Morgan fingerprint density at radius 2 is 2.50 bits per heavy atom. The van der Waals surface area contributed by atoms with E-state index < -0.39 is 0 Å². The molecule has 0 saturated carbocycles. The van der Waals surface area contributed by atoms with E-state index in [0.717, 1.165) is 0 Å². The second-order valence-electron chi connectivity index (χ2n) is 3.08. The van der Waals surface area contributed by atoms with E-state index in [0.29, 0.717) is 30.8 Å². The normalized spacial score (nSPS) is 9.25. The Bertz CT molecular complexity index is 398. The zero-order valence-corrected chi connectivity index (χ0v) is 9.06. The highest BCUT2D eigenvalue weighted by Gasteiger charge is 2.11. The average molecular weight is 219 g/mol. The van der Waals surface area contributed by atoms with E-state index >= 15 is 0 Å². The van der Waals surface area contributed by atoms with Crippen molar-refractivity contribution in [3.8, 4) is 11.9 Å². The number of carbonyl (C=O) groups is 1. The van der Waals surface area contributed by atoms with Crippen LogP contribution in [0.2, 0.25) is 0 Å². The van der Waals surface area contributed by atoms with Gasteiger partial charge in [-0.05, 0) is 18.6 Å². The van der Waals surface area contributed by atoms with Gasteiger partial charge in [0.25, 0.3) is 5.91 Å². The zero-order chi connectivity index (χ0) is 11.8. The second-order valence-corrected chi connectivity index (χ2v) is 3.08. The predicted molar refractivity (Wildman–Crippen MR) is 58.0 cm³/mol. The highest BCUT2D eigenvalue weighted by Crippen LogP contribution is 2.12. The summed E-state index contributed by atoms with van der Waals surface area (Å²) < 4.78 is 4.97. The largest absolute Gasteiger partial charge is 0.480 e. The summed E-state index contributed by atoms with van der Waals surface area (Å²) in [6.45, 7) is 0.477. The summed E-state index contributed by atoms with van der Waals surface area (Å²) >= 11 is 0. The lowest BCUT2D eigenvalue weighted by atomic mass is 10.2. The van der Waals surface area contributed by atoms with Gasteiger partial charge in [0.1, 0.15) is 5.56 Å². The van der Waals surface area contributed by atoms with Crippen molar-refractivity contribution >= 4 is 5.91 Å². The van der Waals surface area contributed by atoms with Gasteiger partial charge in [0.05, 0.1) is 13.2 Å². The molecule has 16 heavy (non-hydrogen) atoms. The van der Waals surface area contributed by atoms with Gasteiger partial charge in [-0.15, -0.1) is 0 Å². The number of nitriles is 1. The van der Waals surface area contributed by atoms with Crippen LogP contribution in [0, 0.1) is 11.3 Å². The number of nitrogens with one attached hydrogen (secondary N) is 1. The maximum atomic E-state index is 11.7. The van der Waals surface area contributed by atoms with Crippen LogP contribution in [0.3, 0.4) is 0 Å². The fraction of sp³-hybridized carbons (Fsp3) is 0.364. The first-order valence-electron chi connectivity index (χ1n) is 4.93. The van der Waals surface area contributed by atoms with E-state index in [1.54, 1.807) is 18.3 Å². The molecule has 1 heterocycles. The molecule has 0 aliphatic heterocycles. The van der Waals surface area contributed by atoms with Crippen molar-refractivity contribution in [3.05, 3.63) is 23.9 Å². The minimum Gasteiger partial charge on any atom is -0.480 e. The number of unbranched alkanes of at least 4 members (excludes halogenated alkanes) is 1. The Morgan fingerprint density at radius 1 is 1.69 bits per heavy atom. The van der Waals surface area contributed by atoms with E-state index in [-0.39, 0.29) is 5.91 Å². The molecule has 0 aliphatic rings. The molecule has 1 aromatic heterocycles. The maximum absolute atomic E-state index is 11.7. The second kappa shape index (κ2) is 6.40. The lowest BCUT2D eigenvalue weighted by Gasteiger charge is -2.06. The van der Waals surface area contributed by atoms with Gasteiger partial charge in [-0.1, -0.05) is 0 Å². The molecule has 0 aliphatic carbocycles. The summed E-state index contributed by atoms with van der Waals surface area (Å²) in [7, 11) is 1.47. The fourth-order valence-corrected chi connectivity index (χ4v) is 1.19. The third kappa shape index (κ3) is 3.24. The minimum atomic E-state index is -0.233. The Kier molecular flexibility index (Phi) is 4.80. The molecule has 0 atom stereocenters. The van der Waals surface area contributed by atoms with E-state index in [4.69, 9.17) is 10.00 Å². The molecule has 1 amide bonds. The molecule has 0 spiro atoms. The molecule has 0 unspecified atom stereocenters. The molecule has 5 heteroatoms. The lowest BCUT2D eigenvalue weighted by Crippen LogP contribution is -2.25. The van der Waals surface area contributed by atoms with Gasteiger partial charge in [0.15, 0.2) is 0 Å². The van der Waals surface area contributed by atoms with Crippen molar-refractivity contribution in [3.63, 3.8) is 0 Å². The number of hydrogen-bond acceptors (Lipinski definition) is 4. The van der Waals surface area contributed by atoms with Crippen molar-refractivity contribution in [2.45, 2.75) is 12.8 Å². The number of nitrogens with zero attached hydrogens (tertiary/aromatic N) is 2. The molecule has 5 nitrogen and oxygen atoms in total. The van der Waals surface area contributed by atoms with Crippen LogP contribution in [0.4, 0.5) is 0 Å². The minimum absolute atomic E-state index is 0.233. The van der Waals surface area contributed by atoms with Gasteiger partial charge >= 0.3 is 0 Å². The van der Waals surface area contributed by atoms with Crippen molar-refractivity contribution in [2.75, 3.05) is 13.7 Å². The van der Waals surface area contributed by atoms with Crippen molar-refractivity contribution in [2.24, 2.45) is 0 Å². The molecular weight excluding hydrogens is 206 g/mol. The first kappa shape index (κ1) is 12.0. The van der Waals surface area contributed by atoms with Gasteiger partial charge in [-0.25, -0.2) is 4.98 Å². The standard InChI is InChI=1S/C11H13N3O2/c1-16-11-9(5-4-8-14-11)10(15)13-7-3-2-6-12/h4-5,8H,2-3,7H2,1H3,(H,13,15). The van der Waals surface area contributed by atoms with Gasteiger partial charge in [-0.2, -0.15) is 5.26 Å². The van der Waals surface area contributed by atoms with Crippen LogP contribution in [-0.2, 0) is 0 Å². The molecular formula is C11H13N3O2. The summed E-state index contributed by atoms with van der Waals surface area (Å²) in [5, 5.41) is 11.0. The van der Waals surface area contributed by atoms with Crippen LogP contribution >= 0.6 is 0 Å². The average Bonchev–Trinajstić information content (AvgIpc) is 2.34. The quantitative estimate of drug-likeness (QED) is 0.753. The topological polar surface area (TPSA) is 75.0 Å². The molecule has 84 valence electrons. The van der Waals surface area contributed by atoms with Crippen molar-refractivity contribution in [1.82, 2.24) is 10.3 Å². The number of rotatable bonds is 5. The van der Waals surface area contributed by atoms with Crippen LogP contribution in [0.5, 0.6) is 5.88 Å². The lowest BCUT2D eigenvalue weighted by molar-refractivity contribution is 0.0949. The molecule has 0 radical (unpaired) electrons. The number of ether oxygens (including phenoxy) is 1. The third-order valence-electron chi connectivity index (χ3n) is 1.96. The van der Waals surface area contributed by atoms with Crippen LogP contribution < -0.4 is 10.1 Å². The summed E-state index contributed by atoms with van der Waals surface area (Å²) in [6, 6.07) is 5.33. The number of hydrogen-bond donors (Lipinski definition) is 1. The molecule has 1 aromatic rings. The SMILES string of the molecule is COc1ncccc1C(=O)NCCCC#N. The van der Waals surface area contributed by atoms with Gasteiger partial charge in [0, 0.05) is 19.2 Å². The van der Waals surface area contributed by atoms with Gasteiger partial charge in [-0.3, -0.25) is 4.79 Å². The first-order chi connectivity index (χ1) is 7.79. The predicted octanol–water partition coefficient (Wildman–Crippen LogP) is 1.12. The molecule has 0 fully saturated rings. The Labute approximate surface area is 94.1 Å². The number of carbonyl (C=O) groups excluding carboxylic acids is 1. The summed E-state index contributed by atoms with van der Waals surface area (Å²) in [5.41, 5.74) is 0.405. The van der Waals surface area contributed by atoms with Crippen LogP contribution in [0.25, 0.3) is 0 Å². The first-order valence-corrected chi connectivity index (χ1v) is 4.93. The Balaban J connectivity index is 2.56. The number of methoxy groups -OCH3 is 1. The van der Waals surface area contributed by atoms with Crippen molar-refractivity contribution < 1.29 is 9.53 Å². The number of pyridine rings is 1. The van der Waals surface area contributed by atoms with Gasteiger partial charge in [0.2, 0.25) is 5.88 Å². The maximum Gasteiger partial charge on any atom is 0.256 e. The molecule has 1 N–H and O–H groups in total. The van der Waals surface area contributed by atoms with E-state index in [1.165, 1.54) is 7.11 Å². The monoisotopic (exact) mass is 219 g/mol. The molecule has 0 bridgehead atoms. The molecule has 0 saturated heterocycles. The van der Waals surface area contributed by atoms with Crippen LogP contribution in [0.15, 0.2) is 18.3 Å². The van der Waals surface area contributed by atoms with E-state index in [1.807, 2.05) is 6.07 Å². The summed E-state index contributed by atoms with van der Waals surface area (Å²) in [5.74, 6) is 0.0724. The van der Waals surface area contributed by atoms with E-state index in [9.17, 15) is 4.79 Å². The summed E-state index contributed by atoms with van der Waals surface area (Å²) in [6.07, 6.45) is 2.64. The smallest absolute Gasteiger partial charge is 0.256 e. The van der Waals surface area contributed by atoms with Gasteiger partial charge < -0.3 is 10.1 Å². The Morgan fingerprint density at radius 3 is 3.19 bits per heavy atom. The Hall–Kier alpha value is -2.09. The van der Waals surface area contributed by atoms with Crippen LogP contribution in [-0.4, -0.2) is 24.5 Å². The molecule has 0 aromatic carbocycles. The summed E-state index contributed by atoms with van der Waals surface area (Å²) in [4.78, 5) is 15.6. The highest BCUT2D eigenvalue weighted by molar-refractivity contribution is 5.96. The molecule has 1 rings (SSSR count). The fourth-order valence-electron chi connectivity index (χ4n) is 1.19. The van der Waals surface area contributed by atoms with Crippen LogP contribution in [0.1, 0.15) is 23.2 Å². The third-order valence-corrected chi connectivity index (χ3v) is 1.96. The number of amides is 1. The van der Waals surface area contributed by atoms with E-state index in [2.05, 4.69) is 10.3 Å². The zero-order valence-electron chi connectivity index (χ0n) is 9.06.